The van der Waals surface area contributed by atoms with E-state index < -0.39 is 0 Å². The van der Waals surface area contributed by atoms with Crippen LogP contribution in [0.15, 0.2) is 35.0 Å². The molecule has 0 bridgehead atoms. The Morgan fingerprint density at radius 1 is 1.08 bits per heavy atom. The van der Waals surface area contributed by atoms with E-state index in [1.807, 2.05) is 53.8 Å². The van der Waals surface area contributed by atoms with Gasteiger partial charge in [0.25, 0.3) is 0 Å². The minimum absolute atomic E-state index is 0.0818. The lowest BCUT2D eigenvalue weighted by Crippen LogP contribution is -2.54. The number of Topliss-reactive ketones (excluding diaryl/α,β-unsaturated/α-hetero) is 1. The summed E-state index contributed by atoms with van der Waals surface area (Å²) in [4.78, 5) is 30.3. The van der Waals surface area contributed by atoms with Crippen molar-refractivity contribution in [2.45, 2.75) is 39.8 Å². The lowest BCUT2D eigenvalue weighted by Gasteiger charge is -2.47. The molecule has 3 heterocycles. The molecule has 0 saturated carbocycles. The molecule has 0 spiro atoms. The van der Waals surface area contributed by atoms with Gasteiger partial charge in [0.15, 0.2) is 0 Å². The summed E-state index contributed by atoms with van der Waals surface area (Å²) in [5.74, 6) is 0.171. The fraction of sp³-hybridized carbons (Fsp3) is 0.500. The van der Waals surface area contributed by atoms with E-state index in [9.17, 15) is 9.59 Å². The number of thiophene rings is 2. The largest absolute Gasteiger partial charge is 0.338 e. The summed E-state index contributed by atoms with van der Waals surface area (Å²) in [6.07, 6.45) is 0. The molecule has 1 aliphatic rings. The summed E-state index contributed by atoms with van der Waals surface area (Å²) in [6.45, 7) is 8.70. The Bertz CT molecular complexity index is 690. The zero-order chi connectivity index (χ0) is 18.8. The van der Waals surface area contributed by atoms with E-state index in [1.165, 1.54) is 0 Å². The minimum atomic E-state index is -0.224. The maximum Gasteiger partial charge on any atom is 0.318 e. The first-order valence-corrected chi connectivity index (χ1v) is 10.8. The van der Waals surface area contributed by atoms with Crippen LogP contribution in [0, 0.1) is 17.8 Å². The number of rotatable bonds is 4. The van der Waals surface area contributed by atoms with Gasteiger partial charge in [0.05, 0.1) is 12.1 Å². The summed E-state index contributed by atoms with van der Waals surface area (Å²) in [5, 5.41) is 7.09. The third-order valence-corrected chi connectivity index (χ3v) is 6.90. The molecule has 1 N–H and O–H groups in total. The van der Waals surface area contributed by atoms with E-state index in [4.69, 9.17) is 0 Å². The fourth-order valence-corrected chi connectivity index (χ4v) is 5.56. The van der Waals surface area contributed by atoms with Gasteiger partial charge in [-0.1, -0.05) is 39.8 Å². The van der Waals surface area contributed by atoms with Crippen molar-refractivity contribution < 1.29 is 9.59 Å². The first kappa shape index (κ1) is 19.1. The molecule has 3 rings (SSSR count). The Labute approximate surface area is 163 Å². The van der Waals surface area contributed by atoms with Crippen LogP contribution < -0.4 is 5.32 Å². The Kier molecular flexibility index (Phi) is 5.82. The van der Waals surface area contributed by atoms with Gasteiger partial charge >= 0.3 is 6.03 Å². The normalized spacial score (nSPS) is 26.3. The van der Waals surface area contributed by atoms with Gasteiger partial charge in [0.2, 0.25) is 0 Å². The van der Waals surface area contributed by atoms with Crippen LogP contribution in [0.4, 0.5) is 4.79 Å². The maximum absolute atomic E-state index is 13.2. The van der Waals surface area contributed by atoms with Gasteiger partial charge in [-0.05, 0) is 28.8 Å². The second-order valence-electron chi connectivity index (χ2n) is 7.39. The van der Waals surface area contributed by atoms with Gasteiger partial charge in [0, 0.05) is 28.1 Å². The molecule has 6 heteroatoms. The molecule has 4 atom stereocenters. The van der Waals surface area contributed by atoms with Crippen LogP contribution in [-0.2, 0) is 4.79 Å². The number of likely N-dealkylation sites (tertiary alicyclic amines) is 1. The predicted octanol–water partition coefficient (Wildman–Crippen LogP) is 5.11. The number of amides is 2. The van der Waals surface area contributed by atoms with Crippen LogP contribution in [0.2, 0.25) is 0 Å². The molecule has 0 aliphatic carbocycles. The Morgan fingerprint density at radius 2 is 1.58 bits per heavy atom. The van der Waals surface area contributed by atoms with Crippen molar-refractivity contribution in [2.75, 3.05) is 6.54 Å². The van der Waals surface area contributed by atoms with Crippen molar-refractivity contribution in [2.24, 2.45) is 17.8 Å². The lowest BCUT2D eigenvalue weighted by molar-refractivity contribution is -0.135. The second kappa shape index (κ2) is 7.92. The van der Waals surface area contributed by atoms with Crippen molar-refractivity contribution in [3.05, 3.63) is 44.8 Å². The van der Waals surface area contributed by atoms with E-state index in [2.05, 4.69) is 19.2 Å². The number of hydrogen-bond donors (Lipinski definition) is 1. The number of nitrogens with zero attached hydrogens (tertiary/aromatic N) is 1. The van der Waals surface area contributed by atoms with Crippen molar-refractivity contribution >= 4 is 34.5 Å². The molecule has 140 valence electrons. The molecule has 2 aromatic heterocycles. The molecule has 1 saturated heterocycles. The van der Waals surface area contributed by atoms with E-state index in [1.54, 1.807) is 22.7 Å². The molecule has 4 nitrogen and oxygen atoms in total. The smallest absolute Gasteiger partial charge is 0.318 e. The SMILES string of the molecule is CC(C)CNC(=O)N1[C@H](c2cccs2)[C@@H](C)C(=O)[C@@H](C)[C@@H]1c1cccs1. The summed E-state index contributed by atoms with van der Waals surface area (Å²) in [6, 6.07) is 7.50. The second-order valence-corrected chi connectivity index (χ2v) is 9.35. The van der Waals surface area contributed by atoms with Crippen LogP contribution in [-0.4, -0.2) is 23.3 Å². The standard InChI is InChI=1S/C20H26N2O2S2/c1-12(2)11-21-20(24)22-17(15-7-5-9-25-15)13(3)19(23)14(4)18(22)16-8-6-10-26-16/h5-10,12-14,17-18H,11H2,1-4H3,(H,21,24)/t13-,14+,17+,18-. The van der Waals surface area contributed by atoms with Crippen LogP contribution >= 0.6 is 22.7 Å². The molecular formula is C20H26N2O2S2. The number of urea groups is 1. The Balaban J connectivity index is 2.04. The lowest BCUT2D eigenvalue weighted by atomic mass is 9.78. The fourth-order valence-electron chi connectivity index (χ4n) is 3.70. The molecule has 1 fully saturated rings. The van der Waals surface area contributed by atoms with Crippen molar-refractivity contribution in [3.63, 3.8) is 0 Å². The highest BCUT2D eigenvalue weighted by Gasteiger charge is 2.48. The highest BCUT2D eigenvalue weighted by molar-refractivity contribution is 7.10. The number of ketones is 1. The predicted molar refractivity (Wildman–Crippen MR) is 108 cm³/mol. The number of carbonyl (C=O) groups is 2. The highest BCUT2D eigenvalue weighted by atomic mass is 32.1. The zero-order valence-corrected chi connectivity index (χ0v) is 17.3. The molecule has 26 heavy (non-hydrogen) atoms. The Hall–Kier alpha value is -1.66. The van der Waals surface area contributed by atoms with Gasteiger partial charge in [-0.25, -0.2) is 4.79 Å². The highest BCUT2D eigenvalue weighted by Crippen LogP contribution is 2.47. The average Bonchev–Trinajstić information content (AvgIpc) is 3.30. The number of nitrogens with one attached hydrogen (secondary N) is 1. The van der Waals surface area contributed by atoms with E-state index >= 15 is 0 Å². The summed E-state index contributed by atoms with van der Waals surface area (Å²) in [5.41, 5.74) is 0. The molecule has 0 unspecified atom stereocenters. The zero-order valence-electron chi connectivity index (χ0n) is 15.6. The number of hydrogen-bond acceptors (Lipinski definition) is 4. The molecule has 0 aromatic carbocycles. The molecular weight excluding hydrogens is 364 g/mol. The van der Waals surface area contributed by atoms with Crippen LogP contribution in [0.25, 0.3) is 0 Å². The van der Waals surface area contributed by atoms with Gasteiger partial charge < -0.3 is 10.2 Å². The van der Waals surface area contributed by atoms with E-state index in [0.717, 1.165) is 9.75 Å². The van der Waals surface area contributed by atoms with Gasteiger partial charge in [0.1, 0.15) is 5.78 Å². The van der Waals surface area contributed by atoms with Crippen molar-refractivity contribution in [3.8, 4) is 0 Å². The molecule has 2 amide bonds. The minimum Gasteiger partial charge on any atom is -0.338 e. The number of carbonyl (C=O) groups excluding carboxylic acids is 2. The monoisotopic (exact) mass is 390 g/mol. The van der Waals surface area contributed by atoms with Crippen LogP contribution in [0.3, 0.4) is 0 Å². The third-order valence-electron chi connectivity index (χ3n) is 5.01. The average molecular weight is 391 g/mol. The topological polar surface area (TPSA) is 49.4 Å². The third kappa shape index (κ3) is 3.58. The molecule has 1 aliphatic heterocycles. The van der Waals surface area contributed by atoms with E-state index in [-0.39, 0.29) is 35.7 Å². The van der Waals surface area contributed by atoms with Crippen LogP contribution in [0.1, 0.15) is 49.5 Å². The van der Waals surface area contributed by atoms with Crippen LogP contribution in [0.5, 0.6) is 0 Å². The summed E-state index contributed by atoms with van der Waals surface area (Å²) >= 11 is 3.22. The first-order chi connectivity index (χ1) is 12.4. The van der Waals surface area contributed by atoms with Gasteiger partial charge in [-0.2, -0.15) is 0 Å². The molecule has 2 aromatic rings. The first-order valence-electron chi connectivity index (χ1n) is 9.08. The maximum atomic E-state index is 13.2. The molecule has 0 radical (unpaired) electrons. The Morgan fingerprint density at radius 3 is 1.96 bits per heavy atom. The summed E-state index contributed by atoms with van der Waals surface area (Å²) < 4.78 is 0. The number of piperidine rings is 1. The summed E-state index contributed by atoms with van der Waals surface area (Å²) in [7, 11) is 0. The van der Waals surface area contributed by atoms with Crippen molar-refractivity contribution in [1.29, 1.82) is 0 Å². The van der Waals surface area contributed by atoms with Gasteiger partial charge in [-0.3, -0.25) is 4.79 Å². The van der Waals surface area contributed by atoms with Gasteiger partial charge in [-0.15, -0.1) is 22.7 Å². The van der Waals surface area contributed by atoms with E-state index in [0.29, 0.717) is 12.5 Å². The quantitative estimate of drug-likeness (QED) is 0.788. The van der Waals surface area contributed by atoms with Crippen molar-refractivity contribution in [1.82, 2.24) is 10.2 Å².